The molecule has 2 atom stereocenters. The van der Waals surface area contributed by atoms with Gasteiger partial charge in [0.25, 0.3) is 5.91 Å². The summed E-state index contributed by atoms with van der Waals surface area (Å²) in [6.07, 6.45) is 0.0507. The molecule has 0 saturated carbocycles. The number of halogens is 3. The van der Waals surface area contributed by atoms with Crippen molar-refractivity contribution in [2.75, 3.05) is 26.7 Å². The minimum atomic E-state index is -1.05. The summed E-state index contributed by atoms with van der Waals surface area (Å²) in [5.74, 6) is -0.972. The highest BCUT2D eigenvalue weighted by atomic mass is 35.5. The number of alkyl halides is 1. The second-order valence-electron chi connectivity index (χ2n) is 10.5. The predicted octanol–water partition coefficient (Wildman–Crippen LogP) is 3.89. The van der Waals surface area contributed by atoms with E-state index in [0.717, 1.165) is 13.0 Å². The largest absolute Gasteiger partial charge is 0.338 e. The summed E-state index contributed by atoms with van der Waals surface area (Å²) in [6.45, 7) is 7.74. The van der Waals surface area contributed by atoms with E-state index < -0.39 is 29.4 Å². The molecular weight excluding hydrogens is 476 g/mol. The molecule has 1 aromatic heterocycles. The Labute approximate surface area is 209 Å². The van der Waals surface area contributed by atoms with Crippen LogP contribution in [0.2, 0.25) is 5.02 Å². The monoisotopic (exact) mass is 507 g/mol. The fourth-order valence-electron chi connectivity index (χ4n) is 4.73. The van der Waals surface area contributed by atoms with Gasteiger partial charge in [-0.1, -0.05) is 32.4 Å². The number of nitrogens with zero attached hydrogens (tertiary/aromatic N) is 4. The first kappa shape index (κ1) is 25.6. The average Bonchev–Trinajstić information content (AvgIpc) is 3.31. The normalized spacial score (nSPS) is 19.9. The number of imidazole rings is 1. The van der Waals surface area contributed by atoms with Gasteiger partial charge in [0.1, 0.15) is 23.9 Å². The van der Waals surface area contributed by atoms with Gasteiger partial charge in [-0.2, -0.15) is 0 Å². The minimum absolute atomic E-state index is 0.0319. The first-order valence-electron chi connectivity index (χ1n) is 11.9. The molecule has 1 fully saturated rings. The van der Waals surface area contributed by atoms with Crippen molar-refractivity contribution in [3.63, 3.8) is 0 Å². The molecule has 0 bridgehead atoms. The lowest BCUT2D eigenvalue weighted by Gasteiger charge is -2.33. The third kappa shape index (κ3) is 5.35. The molecule has 7 nitrogen and oxygen atoms in total. The third-order valence-corrected chi connectivity index (χ3v) is 6.86. The lowest BCUT2D eigenvalue weighted by Crippen LogP contribution is -2.54. The lowest BCUT2D eigenvalue weighted by molar-refractivity contribution is -0.135. The summed E-state index contributed by atoms with van der Waals surface area (Å²) in [5, 5.41) is 3.24. The Morgan fingerprint density at radius 3 is 2.63 bits per heavy atom. The molecule has 0 spiro atoms. The molecule has 0 radical (unpaired) electrons. The fourth-order valence-corrected chi connectivity index (χ4v) is 4.90. The van der Waals surface area contributed by atoms with Gasteiger partial charge in [0, 0.05) is 24.7 Å². The average molecular weight is 508 g/mol. The van der Waals surface area contributed by atoms with Crippen molar-refractivity contribution in [2.45, 2.75) is 58.9 Å². The van der Waals surface area contributed by atoms with E-state index >= 15 is 0 Å². The van der Waals surface area contributed by atoms with Gasteiger partial charge in [-0.25, -0.2) is 13.8 Å². The number of rotatable bonds is 4. The summed E-state index contributed by atoms with van der Waals surface area (Å²) in [5.41, 5.74) is 0.412. The molecule has 190 valence electrons. The van der Waals surface area contributed by atoms with Crippen LogP contribution in [0.4, 0.5) is 8.78 Å². The molecule has 0 unspecified atom stereocenters. The van der Waals surface area contributed by atoms with Gasteiger partial charge in [-0.3, -0.25) is 9.59 Å². The van der Waals surface area contributed by atoms with Crippen LogP contribution in [0.3, 0.4) is 0 Å². The van der Waals surface area contributed by atoms with Gasteiger partial charge in [0.2, 0.25) is 5.91 Å². The van der Waals surface area contributed by atoms with Crippen molar-refractivity contribution >= 4 is 23.4 Å². The predicted molar refractivity (Wildman–Crippen MR) is 130 cm³/mol. The van der Waals surface area contributed by atoms with Gasteiger partial charge >= 0.3 is 0 Å². The molecule has 35 heavy (non-hydrogen) atoms. The van der Waals surface area contributed by atoms with E-state index in [2.05, 4.69) is 15.2 Å². The van der Waals surface area contributed by atoms with E-state index in [4.69, 9.17) is 11.6 Å². The third-order valence-electron chi connectivity index (χ3n) is 6.63. The lowest BCUT2D eigenvalue weighted by atomic mass is 9.85. The molecule has 1 aromatic carbocycles. The number of aromatic nitrogens is 2. The number of carbonyl (C=O) groups excluding carboxylic acids is 2. The quantitative estimate of drug-likeness (QED) is 0.681. The van der Waals surface area contributed by atoms with Crippen molar-refractivity contribution in [2.24, 2.45) is 5.41 Å². The van der Waals surface area contributed by atoms with Crippen LogP contribution in [0.25, 0.3) is 11.4 Å². The zero-order valence-electron chi connectivity index (χ0n) is 20.6. The van der Waals surface area contributed by atoms with Gasteiger partial charge in [0.15, 0.2) is 5.69 Å². The van der Waals surface area contributed by atoms with Gasteiger partial charge < -0.3 is 19.7 Å². The summed E-state index contributed by atoms with van der Waals surface area (Å²) >= 11 is 6.14. The summed E-state index contributed by atoms with van der Waals surface area (Å²) in [6, 6.07) is 3.39. The summed E-state index contributed by atoms with van der Waals surface area (Å²) < 4.78 is 30.4. The Morgan fingerprint density at radius 1 is 1.23 bits per heavy atom. The minimum Gasteiger partial charge on any atom is -0.338 e. The number of likely N-dealkylation sites (tertiary alicyclic amines) is 1. The second-order valence-corrected chi connectivity index (χ2v) is 11.0. The van der Waals surface area contributed by atoms with E-state index in [1.807, 2.05) is 32.4 Å². The van der Waals surface area contributed by atoms with E-state index in [0.29, 0.717) is 42.6 Å². The van der Waals surface area contributed by atoms with Crippen LogP contribution in [0.15, 0.2) is 18.2 Å². The molecule has 2 aliphatic rings. The van der Waals surface area contributed by atoms with Crippen LogP contribution >= 0.6 is 11.6 Å². The molecule has 4 rings (SSSR count). The highest BCUT2D eigenvalue weighted by Crippen LogP contribution is 2.31. The fraction of sp³-hybridized carbons (Fsp3) is 0.560. The van der Waals surface area contributed by atoms with Crippen molar-refractivity contribution in [3.8, 4) is 11.4 Å². The second kappa shape index (κ2) is 9.85. The molecule has 2 aromatic rings. The molecule has 10 heteroatoms. The highest BCUT2D eigenvalue weighted by Gasteiger charge is 2.39. The topological polar surface area (TPSA) is 70.5 Å². The van der Waals surface area contributed by atoms with E-state index in [1.54, 1.807) is 0 Å². The number of hydrogen-bond acceptors (Lipinski definition) is 4. The van der Waals surface area contributed by atoms with Gasteiger partial charge in [-0.15, -0.1) is 0 Å². The molecular formula is C25H32ClF2N5O2. The highest BCUT2D eigenvalue weighted by molar-refractivity contribution is 6.30. The van der Waals surface area contributed by atoms with Crippen molar-refractivity contribution in [1.29, 1.82) is 0 Å². The molecule has 1 N–H and O–H groups in total. The molecule has 1 saturated heterocycles. The maximum Gasteiger partial charge on any atom is 0.272 e. The van der Waals surface area contributed by atoms with Crippen LogP contribution in [0, 0.1) is 11.2 Å². The molecule has 2 amide bonds. The first-order chi connectivity index (χ1) is 16.5. The first-order valence-corrected chi connectivity index (χ1v) is 12.3. The maximum absolute atomic E-state index is 14.8. The van der Waals surface area contributed by atoms with Crippen molar-refractivity contribution in [3.05, 3.63) is 40.4 Å². The summed E-state index contributed by atoms with van der Waals surface area (Å²) in [7, 11) is 1.95. The van der Waals surface area contributed by atoms with Crippen LogP contribution in [0.5, 0.6) is 0 Å². The van der Waals surface area contributed by atoms with Crippen LogP contribution in [-0.4, -0.2) is 70.1 Å². The molecule has 3 heterocycles. The molecule has 0 aliphatic carbocycles. The number of benzene rings is 1. The zero-order valence-corrected chi connectivity index (χ0v) is 21.3. The number of fused-ring (bicyclic) bond motifs is 1. The Kier molecular flexibility index (Phi) is 7.20. The van der Waals surface area contributed by atoms with Crippen LogP contribution in [0.1, 0.15) is 49.8 Å². The number of amides is 2. The van der Waals surface area contributed by atoms with E-state index in [1.165, 1.54) is 23.1 Å². The number of carbonyl (C=O) groups is 2. The van der Waals surface area contributed by atoms with E-state index in [9.17, 15) is 18.4 Å². The SMILES string of the molecule is CN1CCCn2c(-c3cc(Cl)ccc3F)nc(C(=O)N[C@H](C(=O)N3CC[C@H](F)C3)C(C)(C)C)c2C1. The van der Waals surface area contributed by atoms with E-state index in [-0.39, 0.29) is 23.7 Å². The molecule has 2 aliphatic heterocycles. The van der Waals surface area contributed by atoms with Gasteiger partial charge in [0.05, 0.1) is 17.8 Å². The Hall–Kier alpha value is -2.52. The van der Waals surface area contributed by atoms with Crippen LogP contribution in [-0.2, 0) is 17.9 Å². The Morgan fingerprint density at radius 2 is 1.97 bits per heavy atom. The van der Waals surface area contributed by atoms with Crippen molar-refractivity contribution in [1.82, 2.24) is 24.7 Å². The Balaban J connectivity index is 1.72. The number of hydrogen-bond donors (Lipinski definition) is 1. The van der Waals surface area contributed by atoms with Gasteiger partial charge in [-0.05, 0) is 50.0 Å². The smallest absolute Gasteiger partial charge is 0.272 e. The Bertz CT molecular complexity index is 1130. The number of nitrogens with one attached hydrogen (secondary N) is 1. The summed E-state index contributed by atoms with van der Waals surface area (Å²) in [4.78, 5) is 35.0. The standard InChI is InChI=1S/C25H32ClF2N5O2/c1-25(2,3)21(24(35)32-11-8-16(27)13-32)30-23(34)20-19-14-31(4)9-5-10-33(19)22(29-20)17-12-15(26)6-7-18(17)28/h6-7,12,16,21H,5,8-11,13-14H2,1-4H3,(H,30,34)/t16-,21+/m0/s1. The van der Waals surface area contributed by atoms with Crippen LogP contribution < -0.4 is 5.32 Å². The van der Waals surface area contributed by atoms with Crippen molar-refractivity contribution < 1.29 is 18.4 Å². The maximum atomic E-state index is 14.8. The zero-order chi connectivity index (χ0) is 25.5.